The van der Waals surface area contributed by atoms with Crippen LogP contribution in [0.2, 0.25) is 0 Å². The smallest absolute Gasteiger partial charge is 0.0319 e. The summed E-state index contributed by atoms with van der Waals surface area (Å²) < 4.78 is 0. The molecule has 1 fully saturated rings. The number of aliphatic hydroxyl groups is 1. The van der Waals surface area contributed by atoms with Crippen molar-refractivity contribution in [1.82, 2.24) is 0 Å². The summed E-state index contributed by atoms with van der Waals surface area (Å²) >= 11 is 0. The van der Waals surface area contributed by atoms with E-state index in [9.17, 15) is 0 Å². The maximum Gasteiger partial charge on any atom is 0.0319 e. The molecule has 0 amide bonds. The van der Waals surface area contributed by atoms with E-state index in [2.05, 4.69) is 13.2 Å². The first kappa shape index (κ1) is 12.0. The van der Waals surface area contributed by atoms with Crippen LogP contribution in [0.3, 0.4) is 0 Å². The lowest BCUT2D eigenvalue weighted by atomic mass is 9.79. The standard InChI is InChI=1S/C10H15N.CH4O/c1-3-9(7-8(2)11)10-5-4-6-10;1-2/h3,7,10H,1-2,4-6,11H2;2H,1H3/b9-7+;. The molecule has 74 valence electrons. The van der Waals surface area contributed by atoms with Gasteiger partial charge in [0.05, 0.1) is 0 Å². The summed E-state index contributed by atoms with van der Waals surface area (Å²) in [6.45, 7) is 7.39. The highest BCUT2D eigenvalue weighted by atomic mass is 16.2. The molecule has 0 unspecified atom stereocenters. The van der Waals surface area contributed by atoms with Crippen LogP contribution in [-0.4, -0.2) is 12.2 Å². The summed E-state index contributed by atoms with van der Waals surface area (Å²) in [5.41, 5.74) is 7.35. The van der Waals surface area contributed by atoms with Gasteiger partial charge in [-0.25, -0.2) is 0 Å². The lowest BCUT2D eigenvalue weighted by Gasteiger charge is -2.26. The molecule has 0 bridgehead atoms. The van der Waals surface area contributed by atoms with Crippen LogP contribution in [0, 0.1) is 5.92 Å². The summed E-state index contributed by atoms with van der Waals surface area (Å²) in [6.07, 6.45) is 7.72. The molecule has 2 heteroatoms. The molecule has 1 saturated carbocycles. The fraction of sp³-hybridized carbons (Fsp3) is 0.455. The number of hydrogen-bond donors (Lipinski definition) is 2. The molecule has 1 rings (SSSR count). The molecule has 0 spiro atoms. The van der Waals surface area contributed by atoms with Crippen molar-refractivity contribution < 1.29 is 5.11 Å². The Morgan fingerprint density at radius 3 is 2.23 bits per heavy atom. The fourth-order valence-corrected chi connectivity index (χ4v) is 1.30. The number of rotatable bonds is 3. The van der Waals surface area contributed by atoms with Crippen molar-refractivity contribution in [2.75, 3.05) is 7.11 Å². The van der Waals surface area contributed by atoms with Crippen molar-refractivity contribution in [3.63, 3.8) is 0 Å². The average molecular weight is 181 g/mol. The first-order chi connectivity index (χ1) is 6.24. The second-order valence-corrected chi connectivity index (χ2v) is 3.05. The topological polar surface area (TPSA) is 46.2 Å². The predicted molar refractivity (Wildman–Crippen MR) is 57.1 cm³/mol. The van der Waals surface area contributed by atoms with Crippen molar-refractivity contribution >= 4 is 0 Å². The molecule has 2 nitrogen and oxygen atoms in total. The zero-order valence-corrected chi connectivity index (χ0v) is 8.29. The number of allylic oxidation sites excluding steroid dienone is 3. The maximum absolute atomic E-state index is 7.00. The SMILES string of the molecule is C=C/C(=C\C(=C)N)C1CCC1.CO. The van der Waals surface area contributed by atoms with Gasteiger partial charge in [-0.05, 0) is 30.4 Å². The van der Waals surface area contributed by atoms with E-state index < -0.39 is 0 Å². The van der Waals surface area contributed by atoms with E-state index in [1.807, 2.05) is 12.2 Å². The molecule has 0 heterocycles. The number of nitrogens with two attached hydrogens (primary N) is 1. The third kappa shape index (κ3) is 3.95. The van der Waals surface area contributed by atoms with Crippen molar-refractivity contribution in [2.45, 2.75) is 19.3 Å². The predicted octanol–water partition coefficient (Wildman–Crippen LogP) is 1.98. The van der Waals surface area contributed by atoms with Crippen LogP contribution in [0.4, 0.5) is 0 Å². The lowest BCUT2D eigenvalue weighted by molar-refractivity contribution is 0.374. The molecule has 1 aliphatic rings. The summed E-state index contributed by atoms with van der Waals surface area (Å²) in [5.74, 6) is 0.702. The van der Waals surface area contributed by atoms with Crippen LogP contribution in [0.5, 0.6) is 0 Å². The Bertz CT molecular complexity index is 202. The van der Waals surface area contributed by atoms with Crippen molar-refractivity contribution in [3.05, 3.63) is 36.6 Å². The van der Waals surface area contributed by atoms with E-state index in [-0.39, 0.29) is 0 Å². The second kappa shape index (κ2) is 6.49. The second-order valence-electron chi connectivity index (χ2n) is 3.05. The molecule has 0 saturated heterocycles. The molecule has 1 aliphatic carbocycles. The molecule has 0 aromatic rings. The Morgan fingerprint density at radius 2 is 2.00 bits per heavy atom. The first-order valence-corrected chi connectivity index (χ1v) is 4.47. The maximum atomic E-state index is 7.00. The highest BCUT2D eigenvalue weighted by Crippen LogP contribution is 2.33. The molecule has 3 N–H and O–H groups in total. The van der Waals surface area contributed by atoms with Gasteiger partial charge in [0.25, 0.3) is 0 Å². The molecule has 0 radical (unpaired) electrons. The van der Waals surface area contributed by atoms with Gasteiger partial charge < -0.3 is 10.8 Å². The normalized spacial score (nSPS) is 16.6. The van der Waals surface area contributed by atoms with Crippen LogP contribution >= 0.6 is 0 Å². The summed E-state index contributed by atoms with van der Waals surface area (Å²) in [6, 6.07) is 0. The quantitative estimate of drug-likeness (QED) is 0.654. The monoisotopic (exact) mass is 181 g/mol. The summed E-state index contributed by atoms with van der Waals surface area (Å²) in [5, 5.41) is 7.00. The van der Waals surface area contributed by atoms with E-state index in [4.69, 9.17) is 10.8 Å². The van der Waals surface area contributed by atoms with Gasteiger partial charge in [-0.1, -0.05) is 25.7 Å². The Kier molecular flexibility index (Phi) is 5.98. The van der Waals surface area contributed by atoms with Crippen LogP contribution < -0.4 is 5.73 Å². The van der Waals surface area contributed by atoms with Crippen molar-refractivity contribution in [2.24, 2.45) is 11.7 Å². The molecule has 0 aromatic carbocycles. The van der Waals surface area contributed by atoms with Gasteiger partial charge in [0.2, 0.25) is 0 Å². The lowest BCUT2D eigenvalue weighted by Crippen LogP contribution is -2.13. The van der Waals surface area contributed by atoms with E-state index in [0.29, 0.717) is 11.6 Å². The Hall–Kier alpha value is -1.02. The Morgan fingerprint density at radius 1 is 1.46 bits per heavy atom. The van der Waals surface area contributed by atoms with Crippen LogP contribution in [0.25, 0.3) is 0 Å². The first-order valence-electron chi connectivity index (χ1n) is 4.47. The minimum atomic E-state index is 0.631. The minimum Gasteiger partial charge on any atom is -0.400 e. The van der Waals surface area contributed by atoms with Gasteiger partial charge in [0.1, 0.15) is 0 Å². The number of hydrogen-bond acceptors (Lipinski definition) is 2. The molecular weight excluding hydrogens is 162 g/mol. The highest BCUT2D eigenvalue weighted by Gasteiger charge is 2.19. The third-order valence-corrected chi connectivity index (χ3v) is 2.16. The highest BCUT2D eigenvalue weighted by molar-refractivity contribution is 5.28. The average Bonchev–Trinajstić information content (AvgIpc) is 2.03. The van der Waals surface area contributed by atoms with Crippen LogP contribution in [0.15, 0.2) is 36.6 Å². The summed E-state index contributed by atoms with van der Waals surface area (Å²) in [7, 11) is 1.00. The van der Waals surface area contributed by atoms with E-state index in [0.717, 1.165) is 7.11 Å². The number of aliphatic hydroxyl groups excluding tert-OH is 1. The largest absolute Gasteiger partial charge is 0.400 e. The Balaban J connectivity index is 0.000000671. The molecule has 13 heavy (non-hydrogen) atoms. The summed E-state index contributed by atoms with van der Waals surface area (Å²) in [4.78, 5) is 0. The molecule has 0 aromatic heterocycles. The van der Waals surface area contributed by atoms with E-state index in [1.165, 1.54) is 24.8 Å². The van der Waals surface area contributed by atoms with Gasteiger partial charge in [0, 0.05) is 12.8 Å². The third-order valence-electron chi connectivity index (χ3n) is 2.16. The zero-order valence-electron chi connectivity index (χ0n) is 8.29. The molecular formula is C11H19NO. The van der Waals surface area contributed by atoms with Crippen LogP contribution in [0.1, 0.15) is 19.3 Å². The van der Waals surface area contributed by atoms with Gasteiger partial charge in [-0.3, -0.25) is 0 Å². The van der Waals surface area contributed by atoms with E-state index >= 15 is 0 Å². The minimum absolute atomic E-state index is 0.631. The van der Waals surface area contributed by atoms with Crippen molar-refractivity contribution in [1.29, 1.82) is 0 Å². The van der Waals surface area contributed by atoms with Gasteiger partial charge in [-0.2, -0.15) is 0 Å². The zero-order chi connectivity index (χ0) is 10.3. The van der Waals surface area contributed by atoms with Gasteiger partial charge in [0.15, 0.2) is 0 Å². The van der Waals surface area contributed by atoms with Crippen LogP contribution in [-0.2, 0) is 0 Å². The van der Waals surface area contributed by atoms with Gasteiger partial charge >= 0.3 is 0 Å². The molecule has 0 aliphatic heterocycles. The fourth-order valence-electron chi connectivity index (χ4n) is 1.30. The molecule has 0 atom stereocenters. The van der Waals surface area contributed by atoms with Gasteiger partial charge in [-0.15, -0.1) is 0 Å². The Labute approximate surface area is 80.5 Å². The van der Waals surface area contributed by atoms with E-state index in [1.54, 1.807) is 0 Å². The van der Waals surface area contributed by atoms with Crippen molar-refractivity contribution in [3.8, 4) is 0 Å².